The van der Waals surface area contributed by atoms with Crippen molar-refractivity contribution in [2.24, 2.45) is 0 Å². The topological polar surface area (TPSA) is 98.8 Å². The van der Waals surface area contributed by atoms with Crippen LogP contribution in [-0.2, 0) is 21.2 Å². The van der Waals surface area contributed by atoms with Crippen LogP contribution in [0.15, 0.2) is 41.3 Å². The number of imidazole rings is 1. The molecule has 4 aromatic rings. The van der Waals surface area contributed by atoms with Gasteiger partial charge in [-0.3, -0.25) is 9.38 Å². The molecule has 0 spiro atoms. The molecule has 0 fully saturated rings. The van der Waals surface area contributed by atoms with Gasteiger partial charge in [0.1, 0.15) is 5.60 Å². The lowest BCUT2D eigenvalue weighted by molar-refractivity contribution is 0.00665. The molecule has 0 radical (unpaired) electrons. The van der Waals surface area contributed by atoms with Crippen LogP contribution < -0.4 is 0 Å². The third kappa shape index (κ3) is 4.89. The summed E-state index contributed by atoms with van der Waals surface area (Å²) in [5.41, 5.74) is 0.0693. The maximum Gasteiger partial charge on any atom is 0.410 e. The first kappa shape index (κ1) is 25.5. The Balaban J connectivity index is 1.74. The van der Waals surface area contributed by atoms with Crippen molar-refractivity contribution < 1.29 is 17.9 Å². The zero-order valence-corrected chi connectivity index (χ0v) is 22.8. The van der Waals surface area contributed by atoms with Gasteiger partial charge in [-0.15, -0.1) is 11.3 Å². The molecule has 9 nitrogen and oxygen atoms in total. The highest BCUT2D eigenvalue weighted by Gasteiger charge is 2.32. The first-order valence-corrected chi connectivity index (χ1v) is 13.7. The molecule has 12 heteroatoms. The molecule has 35 heavy (non-hydrogen) atoms. The SMILES string of the molecule is CC(C)(C)OC(=O)N(CCc1cn(S(=O)(=O)c2c(Cl)nc3sccn23)c2ccncc12)C(C)(C)C. The number of fused-ring (bicyclic) bond motifs is 2. The van der Waals surface area contributed by atoms with Gasteiger partial charge in [0.05, 0.1) is 5.52 Å². The summed E-state index contributed by atoms with van der Waals surface area (Å²) in [7, 11) is -4.08. The zero-order chi connectivity index (χ0) is 25.8. The van der Waals surface area contributed by atoms with E-state index in [1.807, 2.05) is 41.5 Å². The predicted molar refractivity (Wildman–Crippen MR) is 137 cm³/mol. The number of pyridine rings is 1. The molecule has 0 aliphatic rings. The molecule has 0 unspecified atom stereocenters. The van der Waals surface area contributed by atoms with E-state index >= 15 is 0 Å². The molecular formula is C23H28ClN5O4S2. The van der Waals surface area contributed by atoms with E-state index in [1.165, 1.54) is 19.7 Å². The van der Waals surface area contributed by atoms with Crippen molar-refractivity contribution in [3.63, 3.8) is 0 Å². The molecule has 0 saturated heterocycles. The minimum absolute atomic E-state index is 0.0851. The number of hydrogen-bond acceptors (Lipinski definition) is 7. The Hall–Kier alpha value is -2.63. The van der Waals surface area contributed by atoms with Crippen LogP contribution in [0.5, 0.6) is 0 Å². The molecule has 0 saturated carbocycles. The number of thiazole rings is 1. The average molecular weight is 538 g/mol. The molecule has 4 aromatic heterocycles. The number of carbonyl (C=O) groups excluding carboxylic acids is 1. The number of halogens is 1. The summed E-state index contributed by atoms with van der Waals surface area (Å²) in [6.07, 6.45) is 6.34. The smallest absolute Gasteiger partial charge is 0.410 e. The summed E-state index contributed by atoms with van der Waals surface area (Å²) in [5.74, 6) is 0. The molecule has 0 bridgehead atoms. The van der Waals surface area contributed by atoms with Gasteiger partial charge < -0.3 is 9.64 Å². The lowest BCUT2D eigenvalue weighted by atomic mass is 10.0. The highest BCUT2D eigenvalue weighted by Crippen LogP contribution is 2.31. The highest BCUT2D eigenvalue weighted by atomic mass is 35.5. The van der Waals surface area contributed by atoms with Crippen LogP contribution >= 0.6 is 22.9 Å². The lowest BCUT2D eigenvalue weighted by Gasteiger charge is -2.36. The Bertz CT molecular complexity index is 1510. The summed E-state index contributed by atoms with van der Waals surface area (Å²) in [6, 6.07) is 1.64. The van der Waals surface area contributed by atoms with E-state index in [2.05, 4.69) is 9.97 Å². The quantitative estimate of drug-likeness (QED) is 0.346. The van der Waals surface area contributed by atoms with Gasteiger partial charge >= 0.3 is 6.09 Å². The number of aromatic nitrogens is 4. The van der Waals surface area contributed by atoms with Crippen molar-refractivity contribution in [1.82, 2.24) is 23.2 Å². The molecule has 0 aliphatic carbocycles. The average Bonchev–Trinajstić information content (AvgIpc) is 3.38. The minimum atomic E-state index is -4.08. The van der Waals surface area contributed by atoms with Gasteiger partial charge in [-0.2, -0.15) is 8.42 Å². The van der Waals surface area contributed by atoms with Crippen molar-refractivity contribution in [3.8, 4) is 0 Å². The molecule has 0 aromatic carbocycles. The Labute approximate surface area is 213 Å². The van der Waals surface area contributed by atoms with Crippen LogP contribution in [0.2, 0.25) is 5.15 Å². The summed E-state index contributed by atoms with van der Waals surface area (Å²) >= 11 is 7.55. The van der Waals surface area contributed by atoms with Crippen molar-refractivity contribution in [2.45, 2.75) is 64.1 Å². The second-order valence-electron chi connectivity index (χ2n) is 10.2. The Morgan fingerprint density at radius 2 is 1.94 bits per heavy atom. The Kier molecular flexibility index (Phi) is 6.40. The van der Waals surface area contributed by atoms with Gasteiger partial charge in [0.2, 0.25) is 5.03 Å². The zero-order valence-electron chi connectivity index (χ0n) is 20.4. The van der Waals surface area contributed by atoms with E-state index in [9.17, 15) is 13.2 Å². The Morgan fingerprint density at radius 1 is 1.23 bits per heavy atom. The fraction of sp³-hybridized carbons (Fsp3) is 0.435. The molecule has 0 atom stereocenters. The summed E-state index contributed by atoms with van der Waals surface area (Å²) in [5, 5.41) is 2.24. The van der Waals surface area contributed by atoms with Crippen LogP contribution in [0.1, 0.15) is 47.1 Å². The maximum atomic E-state index is 13.7. The largest absolute Gasteiger partial charge is 0.444 e. The standard InChI is InChI=1S/C23H28ClN5O4S2/c1-22(2,3)28(21(30)33-23(4,5)6)10-8-15-14-29(17-7-9-25-13-16(15)17)35(31,32)19-18(24)26-20-27(19)11-12-34-20/h7,9,11-14H,8,10H2,1-6H3. The fourth-order valence-electron chi connectivity index (χ4n) is 3.82. The number of nitrogens with zero attached hydrogens (tertiary/aromatic N) is 5. The molecule has 0 aliphatic heterocycles. The summed E-state index contributed by atoms with van der Waals surface area (Å²) < 4.78 is 35.8. The monoisotopic (exact) mass is 537 g/mol. The van der Waals surface area contributed by atoms with Crippen LogP contribution in [-0.4, -0.2) is 55.4 Å². The molecule has 4 rings (SSSR count). The first-order valence-electron chi connectivity index (χ1n) is 11.0. The van der Waals surface area contributed by atoms with Gasteiger partial charge in [-0.25, -0.2) is 13.8 Å². The third-order valence-electron chi connectivity index (χ3n) is 5.36. The summed E-state index contributed by atoms with van der Waals surface area (Å²) in [6.45, 7) is 11.6. The van der Waals surface area contributed by atoms with Gasteiger partial charge in [-0.1, -0.05) is 11.6 Å². The van der Waals surface area contributed by atoms with Crippen molar-refractivity contribution in [1.29, 1.82) is 0 Å². The van der Waals surface area contributed by atoms with Crippen LogP contribution in [0.4, 0.5) is 4.79 Å². The molecule has 0 N–H and O–H groups in total. The molecule has 1 amide bonds. The number of rotatable bonds is 5. The predicted octanol–water partition coefficient (Wildman–Crippen LogP) is 5.21. The van der Waals surface area contributed by atoms with E-state index in [1.54, 1.807) is 41.1 Å². The highest BCUT2D eigenvalue weighted by molar-refractivity contribution is 7.90. The van der Waals surface area contributed by atoms with Crippen molar-refractivity contribution in [3.05, 3.63) is 47.0 Å². The number of hydrogen-bond donors (Lipinski definition) is 0. The van der Waals surface area contributed by atoms with E-state index in [0.29, 0.717) is 28.8 Å². The van der Waals surface area contributed by atoms with Gasteiger partial charge in [0.15, 0.2) is 10.1 Å². The van der Waals surface area contributed by atoms with E-state index in [-0.39, 0.29) is 10.2 Å². The fourth-order valence-corrected chi connectivity index (χ4v) is 6.63. The van der Waals surface area contributed by atoms with Gasteiger partial charge in [0, 0.05) is 47.6 Å². The maximum absolute atomic E-state index is 13.7. The van der Waals surface area contributed by atoms with Crippen LogP contribution in [0.25, 0.3) is 15.9 Å². The second-order valence-corrected chi connectivity index (χ2v) is 13.1. The summed E-state index contributed by atoms with van der Waals surface area (Å²) in [4.78, 5) is 23.4. The normalized spacial score (nSPS) is 13.0. The van der Waals surface area contributed by atoms with E-state index < -0.39 is 27.3 Å². The van der Waals surface area contributed by atoms with Crippen molar-refractivity contribution in [2.75, 3.05) is 6.54 Å². The minimum Gasteiger partial charge on any atom is -0.444 e. The number of carbonyl (C=O) groups is 1. The molecule has 188 valence electrons. The van der Waals surface area contributed by atoms with Crippen molar-refractivity contribution >= 4 is 54.9 Å². The molecular weight excluding hydrogens is 510 g/mol. The first-order chi connectivity index (χ1) is 16.2. The molecule has 4 heterocycles. The Morgan fingerprint density at radius 3 is 2.60 bits per heavy atom. The third-order valence-corrected chi connectivity index (χ3v) is 8.20. The van der Waals surface area contributed by atoms with Gasteiger partial charge in [-0.05, 0) is 59.6 Å². The lowest BCUT2D eigenvalue weighted by Crippen LogP contribution is -2.48. The number of ether oxygens (including phenoxy) is 1. The second kappa shape index (κ2) is 8.79. The van der Waals surface area contributed by atoms with Crippen LogP contribution in [0, 0.1) is 0 Å². The van der Waals surface area contributed by atoms with E-state index in [0.717, 1.165) is 5.56 Å². The van der Waals surface area contributed by atoms with E-state index in [4.69, 9.17) is 16.3 Å². The van der Waals surface area contributed by atoms with Gasteiger partial charge in [0.25, 0.3) is 10.0 Å². The van der Waals surface area contributed by atoms with Crippen LogP contribution in [0.3, 0.4) is 0 Å². The number of amides is 1.